The summed E-state index contributed by atoms with van der Waals surface area (Å²) in [5, 5.41) is 0. The molecule has 1 aliphatic heterocycles. The molecule has 2 N–H and O–H groups in total. The number of nitrogens with two attached hydrogens (primary N) is 1. The standard InChI is InChI=1S/C25H32N4O/c1-17(2)16-30-22-11-8-20(9-12-22)25-23(15-28-18(3)6-5-7-19(28)4)29-14-21(26)10-13-24(29)27-25/h8-14,18-19H,1,5-7,15-16,26H2,2-4H3. The number of piperidine rings is 1. The molecular weight excluding hydrogens is 372 g/mol. The fraction of sp³-hybridized carbons (Fsp3) is 0.400. The third-order valence-corrected chi connectivity index (χ3v) is 6.06. The van der Waals surface area contributed by atoms with Gasteiger partial charge in [0.25, 0.3) is 0 Å². The zero-order valence-corrected chi connectivity index (χ0v) is 18.3. The van der Waals surface area contributed by atoms with Gasteiger partial charge in [-0.3, -0.25) is 4.90 Å². The van der Waals surface area contributed by atoms with Crippen molar-refractivity contribution in [3.8, 4) is 17.0 Å². The van der Waals surface area contributed by atoms with E-state index in [9.17, 15) is 0 Å². The molecule has 0 bridgehead atoms. The summed E-state index contributed by atoms with van der Waals surface area (Å²) in [6.07, 6.45) is 5.78. The first kappa shape index (κ1) is 20.5. The van der Waals surface area contributed by atoms with Crippen molar-refractivity contribution >= 4 is 11.3 Å². The Morgan fingerprint density at radius 1 is 1.13 bits per heavy atom. The predicted octanol–water partition coefficient (Wildman–Crippen LogP) is 5.30. The van der Waals surface area contributed by atoms with Crippen molar-refractivity contribution < 1.29 is 4.74 Å². The lowest BCUT2D eigenvalue weighted by molar-refractivity contribution is 0.0937. The maximum Gasteiger partial charge on any atom is 0.137 e. The summed E-state index contributed by atoms with van der Waals surface area (Å²) in [4.78, 5) is 7.57. The molecule has 2 unspecified atom stereocenters. The largest absolute Gasteiger partial charge is 0.489 e. The molecule has 3 aromatic rings. The molecule has 2 atom stereocenters. The molecule has 0 amide bonds. The number of ether oxygens (including phenoxy) is 1. The van der Waals surface area contributed by atoms with Crippen molar-refractivity contribution in [1.82, 2.24) is 14.3 Å². The molecule has 1 aromatic carbocycles. The van der Waals surface area contributed by atoms with E-state index in [-0.39, 0.29) is 0 Å². The van der Waals surface area contributed by atoms with Crippen molar-refractivity contribution in [3.63, 3.8) is 0 Å². The summed E-state index contributed by atoms with van der Waals surface area (Å²) in [6.45, 7) is 11.9. The zero-order chi connectivity index (χ0) is 21.3. The van der Waals surface area contributed by atoms with E-state index < -0.39 is 0 Å². The quantitative estimate of drug-likeness (QED) is 0.566. The Hall–Kier alpha value is -2.79. The van der Waals surface area contributed by atoms with Crippen LogP contribution in [0.3, 0.4) is 0 Å². The number of likely N-dealkylation sites (tertiary alicyclic amines) is 1. The molecule has 4 rings (SSSR count). The Labute approximate surface area is 179 Å². The highest BCUT2D eigenvalue weighted by Crippen LogP contribution is 2.31. The molecule has 0 spiro atoms. The molecule has 1 aliphatic rings. The van der Waals surface area contributed by atoms with E-state index in [2.05, 4.69) is 41.9 Å². The van der Waals surface area contributed by atoms with E-state index >= 15 is 0 Å². The lowest BCUT2D eigenvalue weighted by Gasteiger charge is -2.39. The summed E-state index contributed by atoms with van der Waals surface area (Å²) in [6, 6.07) is 13.2. The number of aromatic nitrogens is 2. The van der Waals surface area contributed by atoms with E-state index in [1.807, 2.05) is 37.4 Å². The minimum Gasteiger partial charge on any atom is -0.489 e. The number of benzene rings is 1. The van der Waals surface area contributed by atoms with Crippen LogP contribution in [-0.2, 0) is 6.54 Å². The minimum absolute atomic E-state index is 0.531. The average Bonchev–Trinajstić information content (AvgIpc) is 3.07. The van der Waals surface area contributed by atoms with Crippen LogP contribution in [-0.4, -0.2) is 33.0 Å². The first-order valence-corrected chi connectivity index (χ1v) is 10.8. The second-order valence-electron chi connectivity index (χ2n) is 8.67. The van der Waals surface area contributed by atoms with Crippen LogP contribution in [0, 0.1) is 0 Å². The topological polar surface area (TPSA) is 55.8 Å². The molecule has 2 aromatic heterocycles. The van der Waals surface area contributed by atoms with Gasteiger partial charge in [-0.15, -0.1) is 0 Å². The second kappa shape index (κ2) is 8.52. The lowest BCUT2D eigenvalue weighted by atomic mass is 9.97. The van der Waals surface area contributed by atoms with Gasteiger partial charge >= 0.3 is 0 Å². The fourth-order valence-corrected chi connectivity index (χ4v) is 4.37. The Balaban J connectivity index is 1.72. The van der Waals surface area contributed by atoms with Gasteiger partial charge in [0.05, 0.1) is 11.4 Å². The van der Waals surface area contributed by atoms with Crippen molar-refractivity contribution in [2.24, 2.45) is 0 Å². The van der Waals surface area contributed by atoms with Crippen LogP contribution in [0.4, 0.5) is 5.69 Å². The number of hydrogen-bond donors (Lipinski definition) is 1. The Kier molecular flexibility index (Phi) is 5.82. The number of fused-ring (bicyclic) bond motifs is 1. The van der Waals surface area contributed by atoms with Crippen LogP contribution in [0.25, 0.3) is 16.9 Å². The summed E-state index contributed by atoms with van der Waals surface area (Å²) in [5.41, 5.74) is 12.1. The van der Waals surface area contributed by atoms with E-state index in [1.165, 1.54) is 25.0 Å². The smallest absolute Gasteiger partial charge is 0.137 e. The molecule has 30 heavy (non-hydrogen) atoms. The molecule has 1 saturated heterocycles. The molecule has 5 heteroatoms. The summed E-state index contributed by atoms with van der Waals surface area (Å²) < 4.78 is 7.92. The van der Waals surface area contributed by atoms with Crippen LogP contribution < -0.4 is 10.5 Å². The monoisotopic (exact) mass is 404 g/mol. The van der Waals surface area contributed by atoms with Gasteiger partial charge < -0.3 is 14.9 Å². The van der Waals surface area contributed by atoms with Crippen molar-refractivity contribution in [2.45, 2.75) is 58.7 Å². The maximum atomic E-state index is 6.12. The number of nitrogens with zero attached hydrogens (tertiary/aromatic N) is 3. The summed E-state index contributed by atoms with van der Waals surface area (Å²) in [5.74, 6) is 0.842. The molecule has 1 fully saturated rings. The first-order valence-electron chi connectivity index (χ1n) is 10.8. The first-order chi connectivity index (χ1) is 14.4. The van der Waals surface area contributed by atoms with Crippen LogP contribution in [0.1, 0.15) is 45.7 Å². The number of anilines is 1. The van der Waals surface area contributed by atoms with Crippen molar-refractivity contribution in [1.29, 1.82) is 0 Å². The molecule has 158 valence electrons. The van der Waals surface area contributed by atoms with Crippen molar-refractivity contribution in [2.75, 3.05) is 12.3 Å². The SMILES string of the molecule is C=C(C)COc1ccc(-c2nc3ccc(N)cn3c2CN2C(C)CCCC2C)cc1. The normalized spacial score (nSPS) is 19.8. The van der Waals surface area contributed by atoms with Gasteiger partial charge in [-0.1, -0.05) is 13.0 Å². The van der Waals surface area contributed by atoms with Gasteiger partial charge in [0.1, 0.15) is 18.0 Å². The highest BCUT2D eigenvalue weighted by Gasteiger charge is 2.27. The van der Waals surface area contributed by atoms with Gasteiger partial charge in [0, 0.05) is 36.1 Å². The van der Waals surface area contributed by atoms with Gasteiger partial charge in [-0.05, 0) is 75.6 Å². The third kappa shape index (κ3) is 4.21. The fourth-order valence-electron chi connectivity index (χ4n) is 4.37. The highest BCUT2D eigenvalue weighted by atomic mass is 16.5. The Morgan fingerprint density at radius 3 is 2.50 bits per heavy atom. The van der Waals surface area contributed by atoms with E-state index in [0.717, 1.165) is 40.5 Å². The van der Waals surface area contributed by atoms with Crippen LogP contribution in [0.2, 0.25) is 0 Å². The molecule has 5 nitrogen and oxygen atoms in total. The summed E-state index contributed by atoms with van der Waals surface area (Å²) in [7, 11) is 0. The third-order valence-electron chi connectivity index (χ3n) is 6.06. The highest BCUT2D eigenvalue weighted by molar-refractivity contribution is 5.68. The molecule has 0 radical (unpaired) electrons. The van der Waals surface area contributed by atoms with Gasteiger partial charge in [0.2, 0.25) is 0 Å². The molecule has 3 heterocycles. The van der Waals surface area contributed by atoms with Gasteiger partial charge in [0.15, 0.2) is 0 Å². The number of nitrogen functional groups attached to an aromatic ring is 1. The summed E-state index contributed by atoms with van der Waals surface area (Å²) >= 11 is 0. The van der Waals surface area contributed by atoms with Crippen LogP contribution >= 0.6 is 0 Å². The van der Waals surface area contributed by atoms with Crippen LogP contribution in [0.5, 0.6) is 5.75 Å². The number of rotatable bonds is 6. The number of hydrogen-bond acceptors (Lipinski definition) is 4. The minimum atomic E-state index is 0.531. The van der Waals surface area contributed by atoms with Gasteiger partial charge in [-0.25, -0.2) is 4.98 Å². The maximum absolute atomic E-state index is 6.12. The number of pyridine rings is 1. The van der Waals surface area contributed by atoms with Crippen molar-refractivity contribution in [3.05, 3.63) is 60.4 Å². The Bertz CT molecular complexity index is 1030. The van der Waals surface area contributed by atoms with Crippen LogP contribution in [0.15, 0.2) is 54.7 Å². The van der Waals surface area contributed by atoms with E-state index in [0.29, 0.717) is 18.7 Å². The average molecular weight is 405 g/mol. The van der Waals surface area contributed by atoms with E-state index in [4.69, 9.17) is 15.5 Å². The van der Waals surface area contributed by atoms with Gasteiger partial charge in [-0.2, -0.15) is 0 Å². The zero-order valence-electron chi connectivity index (χ0n) is 18.3. The Morgan fingerprint density at radius 2 is 1.83 bits per heavy atom. The molecular formula is C25H32N4O. The lowest BCUT2D eigenvalue weighted by Crippen LogP contribution is -2.43. The predicted molar refractivity (Wildman–Crippen MR) is 124 cm³/mol. The second-order valence-corrected chi connectivity index (χ2v) is 8.67. The van der Waals surface area contributed by atoms with E-state index in [1.54, 1.807) is 0 Å². The molecule has 0 saturated carbocycles. The number of imidazole rings is 1. The molecule has 0 aliphatic carbocycles.